The fraction of sp³-hybridized carbons (Fsp3) is 0.429. The quantitative estimate of drug-likeness (QED) is 0.773. The molecule has 1 rings (SSSR count). The molecule has 0 amide bonds. The van der Waals surface area contributed by atoms with Crippen LogP contribution in [0.15, 0.2) is 12.3 Å². The van der Waals surface area contributed by atoms with Crippen molar-refractivity contribution < 1.29 is 13.2 Å². The summed E-state index contributed by atoms with van der Waals surface area (Å²) >= 11 is 0. The lowest BCUT2D eigenvalue weighted by Gasteiger charge is -2.07. The fourth-order valence-electron chi connectivity index (χ4n) is 0.741. The van der Waals surface area contributed by atoms with Gasteiger partial charge >= 0.3 is 6.18 Å². The Bertz CT molecular complexity index is 285. The average molecular weight is 191 g/mol. The Balaban J connectivity index is 2.55. The van der Waals surface area contributed by atoms with Crippen molar-refractivity contribution in [2.75, 3.05) is 11.9 Å². The number of rotatable bonds is 2. The lowest BCUT2D eigenvalue weighted by Crippen LogP contribution is -2.21. The number of nitrogens with one attached hydrogen (secondary N) is 1. The highest BCUT2D eigenvalue weighted by Crippen LogP contribution is 2.15. The second-order valence-electron chi connectivity index (χ2n) is 2.59. The van der Waals surface area contributed by atoms with Crippen LogP contribution in [0.5, 0.6) is 0 Å². The third-order valence-electron chi connectivity index (χ3n) is 1.26. The molecule has 1 aromatic rings. The van der Waals surface area contributed by atoms with Gasteiger partial charge in [0.15, 0.2) is 0 Å². The van der Waals surface area contributed by atoms with Crippen LogP contribution < -0.4 is 5.32 Å². The molecule has 13 heavy (non-hydrogen) atoms. The Morgan fingerprint density at radius 2 is 2.15 bits per heavy atom. The number of hydrogen-bond acceptors (Lipinski definition) is 3. The van der Waals surface area contributed by atoms with E-state index in [9.17, 15) is 13.2 Å². The molecule has 72 valence electrons. The van der Waals surface area contributed by atoms with Gasteiger partial charge < -0.3 is 5.32 Å². The zero-order chi connectivity index (χ0) is 9.90. The molecule has 1 N–H and O–H groups in total. The molecule has 0 aliphatic carbocycles. The predicted molar refractivity (Wildman–Crippen MR) is 41.3 cm³/mol. The van der Waals surface area contributed by atoms with E-state index in [-0.39, 0.29) is 5.82 Å². The van der Waals surface area contributed by atoms with E-state index in [2.05, 4.69) is 15.5 Å². The van der Waals surface area contributed by atoms with Crippen LogP contribution in [0.3, 0.4) is 0 Å². The molecule has 0 aliphatic rings. The van der Waals surface area contributed by atoms with Crippen molar-refractivity contribution in [1.82, 2.24) is 10.2 Å². The molecule has 0 spiro atoms. The topological polar surface area (TPSA) is 37.8 Å². The summed E-state index contributed by atoms with van der Waals surface area (Å²) in [5.74, 6) is 0.136. The van der Waals surface area contributed by atoms with Crippen LogP contribution in [0.1, 0.15) is 5.56 Å². The summed E-state index contributed by atoms with van der Waals surface area (Å²) in [5.41, 5.74) is 0.764. The summed E-state index contributed by atoms with van der Waals surface area (Å²) in [6.07, 6.45) is -2.76. The van der Waals surface area contributed by atoms with Gasteiger partial charge in [0.25, 0.3) is 0 Å². The molecule has 0 unspecified atom stereocenters. The van der Waals surface area contributed by atoms with Gasteiger partial charge in [-0.15, -0.1) is 5.10 Å². The highest BCUT2D eigenvalue weighted by molar-refractivity contribution is 5.35. The summed E-state index contributed by atoms with van der Waals surface area (Å²) in [6.45, 7) is 0.637. The normalized spacial score (nSPS) is 11.4. The van der Waals surface area contributed by atoms with Crippen LogP contribution in [0.2, 0.25) is 0 Å². The van der Waals surface area contributed by atoms with Crippen molar-refractivity contribution in [2.45, 2.75) is 13.1 Å². The largest absolute Gasteiger partial charge is 0.405 e. The fourth-order valence-corrected chi connectivity index (χ4v) is 0.741. The molecule has 0 aromatic carbocycles. The van der Waals surface area contributed by atoms with E-state index in [1.165, 1.54) is 12.3 Å². The van der Waals surface area contributed by atoms with E-state index >= 15 is 0 Å². The summed E-state index contributed by atoms with van der Waals surface area (Å²) in [6, 6.07) is 1.50. The van der Waals surface area contributed by atoms with Gasteiger partial charge in [-0.2, -0.15) is 18.3 Å². The van der Waals surface area contributed by atoms with Gasteiger partial charge in [-0.3, -0.25) is 0 Å². The van der Waals surface area contributed by atoms with Gasteiger partial charge in [-0.05, 0) is 18.6 Å². The third-order valence-corrected chi connectivity index (χ3v) is 1.26. The standard InChI is InChI=1S/C7H8F3N3/c1-5-2-6(13-12-3-5)11-4-7(8,9)10/h2-3H,4H2,1H3,(H,11,13). The Kier molecular flexibility index (Phi) is 2.69. The maximum atomic E-state index is 11.7. The SMILES string of the molecule is Cc1cnnc(NCC(F)(F)F)c1. The minimum atomic E-state index is -4.23. The van der Waals surface area contributed by atoms with Crippen molar-refractivity contribution >= 4 is 5.82 Å². The van der Waals surface area contributed by atoms with E-state index in [1.54, 1.807) is 6.92 Å². The Morgan fingerprint density at radius 1 is 1.46 bits per heavy atom. The molecule has 0 bridgehead atoms. The molecule has 1 heterocycles. The Labute approximate surface area is 73.0 Å². The van der Waals surface area contributed by atoms with Gasteiger partial charge in [0.2, 0.25) is 0 Å². The number of aromatic nitrogens is 2. The number of hydrogen-bond donors (Lipinski definition) is 1. The van der Waals surface area contributed by atoms with E-state index in [1.807, 2.05) is 0 Å². The first-order valence-corrected chi connectivity index (χ1v) is 3.57. The summed E-state index contributed by atoms with van der Waals surface area (Å²) in [7, 11) is 0. The maximum absolute atomic E-state index is 11.7. The van der Waals surface area contributed by atoms with Gasteiger partial charge in [0.1, 0.15) is 12.4 Å². The molecule has 0 saturated heterocycles. The molecular formula is C7H8F3N3. The van der Waals surface area contributed by atoms with Crippen LogP contribution in [0, 0.1) is 6.92 Å². The minimum Gasteiger partial charge on any atom is -0.360 e. The zero-order valence-corrected chi connectivity index (χ0v) is 6.89. The van der Waals surface area contributed by atoms with E-state index in [0.717, 1.165) is 5.56 Å². The highest BCUT2D eigenvalue weighted by atomic mass is 19.4. The summed E-state index contributed by atoms with van der Waals surface area (Å²) in [5, 5.41) is 9.11. The monoisotopic (exact) mass is 191 g/mol. The number of aryl methyl sites for hydroxylation is 1. The first kappa shape index (κ1) is 9.76. The Morgan fingerprint density at radius 3 is 2.69 bits per heavy atom. The van der Waals surface area contributed by atoms with Crippen LogP contribution in [-0.2, 0) is 0 Å². The van der Waals surface area contributed by atoms with Crippen LogP contribution in [0.4, 0.5) is 19.0 Å². The third kappa shape index (κ3) is 3.73. The number of alkyl halides is 3. The van der Waals surface area contributed by atoms with Crippen LogP contribution in [-0.4, -0.2) is 22.9 Å². The van der Waals surface area contributed by atoms with Crippen molar-refractivity contribution in [1.29, 1.82) is 0 Å². The molecule has 0 radical (unpaired) electrons. The first-order valence-electron chi connectivity index (χ1n) is 3.57. The minimum absolute atomic E-state index is 0.136. The second-order valence-corrected chi connectivity index (χ2v) is 2.59. The lowest BCUT2D eigenvalue weighted by molar-refractivity contribution is -0.115. The molecule has 0 saturated carbocycles. The molecule has 3 nitrogen and oxygen atoms in total. The maximum Gasteiger partial charge on any atom is 0.405 e. The lowest BCUT2D eigenvalue weighted by atomic mass is 10.3. The van der Waals surface area contributed by atoms with Crippen LogP contribution in [0.25, 0.3) is 0 Å². The van der Waals surface area contributed by atoms with Crippen molar-refractivity contribution in [3.05, 3.63) is 17.8 Å². The highest BCUT2D eigenvalue weighted by Gasteiger charge is 2.26. The molecule has 0 aliphatic heterocycles. The van der Waals surface area contributed by atoms with Crippen molar-refractivity contribution in [3.8, 4) is 0 Å². The first-order chi connectivity index (χ1) is 5.97. The number of anilines is 1. The van der Waals surface area contributed by atoms with Crippen LogP contribution >= 0.6 is 0 Å². The van der Waals surface area contributed by atoms with Gasteiger partial charge in [-0.1, -0.05) is 0 Å². The second kappa shape index (κ2) is 3.59. The van der Waals surface area contributed by atoms with E-state index in [0.29, 0.717) is 0 Å². The molecule has 1 aromatic heterocycles. The van der Waals surface area contributed by atoms with E-state index < -0.39 is 12.7 Å². The van der Waals surface area contributed by atoms with Gasteiger partial charge in [-0.25, -0.2) is 0 Å². The number of nitrogens with zero attached hydrogens (tertiary/aromatic N) is 2. The molecule has 6 heteroatoms. The molecule has 0 fully saturated rings. The number of halogens is 3. The van der Waals surface area contributed by atoms with E-state index in [4.69, 9.17) is 0 Å². The smallest absolute Gasteiger partial charge is 0.360 e. The van der Waals surface area contributed by atoms with Crippen molar-refractivity contribution in [3.63, 3.8) is 0 Å². The van der Waals surface area contributed by atoms with Crippen molar-refractivity contribution in [2.24, 2.45) is 0 Å². The Hall–Kier alpha value is -1.33. The molecular weight excluding hydrogens is 183 g/mol. The van der Waals surface area contributed by atoms with Gasteiger partial charge in [0, 0.05) is 0 Å². The molecule has 0 atom stereocenters. The van der Waals surface area contributed by atoms with Gasteiger partial charge in [0.05, 0.1) is 6.20 Å². The summed E-state index contributed by atoms with van der Waals surface area (Å²) < 4.78 is 35.2. The average Bonchev–Trinajstić information content (AvgIpc) is 2.00. The summed E-state index contributed by atoms with van der Waals surface area (Å²) in [4.78, 5) is 0. The zero-order valence-electron chi connectivity index (χ0n) is 6.89. The predicted octanol–water partition coefficient (Wildman–Crippen LogP) is 1.76.